The second-order valence-electron chi connectivity index (χ2n) is 4.68. The Morgan fingerprint density at radius 2 is 1.30 bits per heavy atom. The smallest absolute Gasteiger partial charge is 0.330 e. The predicted molar refractivity (Wildman–Crippen MR) is 90.0 cm³/mol. The van der Waals surface area contributed by atoms with Crippen molar-refractivity contribution in [2.45, 2.75) is 0 Å². The van der Waals surface area contributed by atoms with Gasteiger partial charge in [-0.15, -0.1) is 0 Å². The first-order valence-corrected chi connectivity index (χ1v) is 8.53. The van der Waals surface area contributed by atoms with Gasteiger partial charge in [0.2, 0.25) is 0 Å². The van der Waals surface area contributed by atoms with Crippen LogP contribution in [0.1, 0.15) is 0 Å². The predicted octanol–water partition coefficient (Wildman–Crippen LogP) is 1.11. The standard InChI is InChI=1S/C18H17O4Si/c1-21-17(19)13-16(18(20)22-2)23(14-9-5-3-6-10-14)15-11-7-4-8-12-15/h3-13H,1-2H3/b16-13+. The second-order valence-corrected chi connectivity index (χ2v) is 7.12. The van der Waals surface area contributed by atoms with Gasteiger partial charge in [-0.3, -0.25) is 0 Å². The van der Waals surface area contributed by atoms with Crippen molar-refractivity contribution in [3.8, 4) is 0 Å². The Kier molecular flexibility index (Phi) is 5.88. The third kappa shape index (κ3) is 4.17. The number of rotatable bonds is 5. The van der Waals surface area contributed by atoms with Crippen LogP contribution in [0.15, 0.2) is 71.9 Å². The van der Waals surface area contributed by atoms with Crippen LogP contribution >= 0.6 is 0 Å². The molecular formula is C18H17O4Si. The Hall–Kier alpha value is -2.66. The van der Waals surface area contributed by atoms with E-state index in [1.807, 2.05) is 60.7 Å². The minimum atomic E-state index is -1.67. The zero-order chi connectivity index (χ0) is 16.7. The summed E-state index contributed by atoms with van der Waals surface area (Å²) in [4.78, 5) is 24.0. The fraction of sp³-hybridized carbons (Fsp3) is 0.111. The summed E-state index contributed by atoms with van der Waals surface area (Å²) >= 11 is 0. The molecule has 0 atom stereocenters. The highest BCUT2D eigenvalue weighted by Gasteiger charge is 2.28. The first kappa shape index (κ1) is 16.7. The fourth-order valence-corrected chi connectivity index (χ4v) is 4.78. The van der Waals surface area contributed by atoms with Gasteiger partial charge in [-0.05, 0) is 0 Å². The molecule has 0 unspecified atom stereocenters. The molecule has 0 bridgehead atoms. The van der Waals surface area contributed by atoms with Gasteiger partial charge >= 0.3 is 11.9 Å². The largest absolute Gasteiger partial charge is 0.466 e. The van der Waals surface area contributed by atoms with Crippen LogP contribution in [0.3, 0.4) is 0 Å². The van der Waals surface area contributed by atoms with Crippen molar-refractivity contribution < 1.29 is 19.1 Å². The van der Waals surface area contributed by atoms with E-state index in [1.54, 1.807) is 0 Å². The summed E-state index contributed by atoms with van der Waals surface area (Å²) in [6.07, 6.45) is 1.24. The minimum Gasteiger partial charge on any atom is -0.466 e. The molecule has 1 radical (unpaired) electrons. The molecule has 2 aromatic carbocycles. The maximum atomic E-state index is 12.3. The molecule has 117 valence electrons. The summed E-state index contributed by atoms with van der Waals surface area (Å²) in [6, 6.07) is 19.3. The Bertz CT molecular complexity index is 656. The third-order valence-electron chi connectivity index (χ3n) is 3.26. The number of hydrogen-bond donors (Lipinski definition) is 0. The topological polar surface area (TPSA) is 52.6 Å². The van der Waals surface area contributed by atoms with Crippen LogP contribution in [0.5, 0.6) is 0 Å². The Labute approximate surface area is 137 Å². The van der Waals surface area contributed by atoms with Gasteiger partial charge < -0.3 is 9.47 Å². The molecule has 0 aliphatic rings. The van der Waals surface area contributed by atoms with E-state index in [0.29, 0.717) is 5.20 Å². The summed E-state index contributed by atoms with van der Waals surface area (Å²) in [6.45, 7) is 0. The first-order valence-electron chi connectivity index (χ1n) is 7.03. The highest BCUT2D eigenvalue weighted by atomic mass is 28.3. The molecule has 4 nitrogen and oxygen atoms in total. The lowest BCUT2D eigenvalue weighted by Crippen LogP contribution is -2.46. The van der Waals surface area contributed by atoms with Crippen molar-refractivity contribution in [3.63, 3.8) is 0 Å². The van der Waals surface area contributed by atoms with E-state index in [1.165, 1.54) is 20.3 Å². The molecule has 0 saturated heterocycles. The number of esters is 2. The van der Waals surface area contributed by atoms with Crippen LogP contribution < -0.4 is 10.4 Å². The van der Waals surface area contributed by atoms with Crippen LogP contribution in [0.4, 0.5) is 0 Å². The number of benzene rings is 2. The molecule has 5 heteroatoms. The van der Waals surface area contributed by atoms with E-state index in [4.69, 9.17) is 9.47 Å². The van der Waals surface area contributed by atoms with Gasteiger partial charge in [-0.25, -0.2) is 9.59 Å². The number of methoxy groups -OCH3 is 2. The molecule has 0 aromatic heterocycles. The molecule has 0 aliphatic heterocycles. The van der Waals surface area contributed by atoms with Crippen LogP contribution in [0.25, 0.3) is 0 Å². The normalized spacial score (nSPS) is 11.2. The average molecular weight is 325 g/mol. The van der Waals surface area contributed by atoms with E-state index in [2.05, 4.69) is 0 Å². The highest BCUT2D eigenvalue weighted by molar-refractivity contribution is 6.94. The van der Waals surface area contributed by atoms with Crippen LogP contribution in [0.2, 0.25) is 0 Å². The molecule has 2 aromatic rings. The highest BCUT2D eigenvalue weighted by Crippen LogP contribution is 2.07. The van der Waals surface area contributed by atoms with E-state index in [-0.39, 0.29) is 0 Å². The van der Waals surface area contributed by atoms with Gasteiger partial charge in [-0.1, -0.05) is 71.0 Å². The zero-order valence-corrected chi connectivity index (χ0v) is 14.0. The molecule has 0 spiro atoms. The minimum absolute atomic E-state index is 0.335. The van der Waals surface area contributed by atoms with Gasteiger partial charge in [0.25, 0.3) is 0 Å². The fourth-order valence-electron chi connectivity index (χ4n) is 2.21. The van der Waals surface area contributed by atoms with Crippen molar-refractivity contribution in [2.75, 3.05) is 14.2 Å². The molecule has 0 aliphatic carbocycles. The van der Waals surface area contributed by atoms with E-state index < -0.39 is 20.7 Å². The Morgan fingerprint density at radius 3 is 1.70 bits per heavy atom. The van der Waals surface area contributed by atoms with Crippen molar-refractivity contribution in [3.05, 3.63) is 71.9 Å². The molecule has 0 saturated carbocycles. The van der Waals surface area contributed by atoms with Crippen LogP contribution in [0, 0.1) is 0 Å². The number of carbonyl (C=O) groups is 2. The average Bonchev–Trinajstić information content (AvgIpc) is 2.62. The Morgan fingerprint density at radius 1 is 0.826 bits per heavy atom. The summed E-state index contributed by atoms with van der Waals surface area (Å²) in [5.74, 6) is -1.09. The van der Waals surface area contributed by atoms with Crippen molar-refractivity contribution in [1.29, 1.82) is 0 Å². The van der Waals surface area contributed by atoms with Gasteiger partial charge in [0.1, 0.15) is 0 Å². The van der Waals surface area contributed by atoms with Crippen molar-refractivity contribution in [1.82, 2.24) is 0 Å². The SMILES string of the molecule is COC(=O)/C=C(\C(=O)OC)[Si](c1ccccc1)c1ccccc1. The molecule has 0 N–H and O–H groups in total. The van der Waals surface area contributed by atoms with Crippen molar-refractivity contribution >= 4 is 31.1 Å². The van der Waals surface area contributed by atoms with Gasteiger partial charge in [0.05, 0.1) is 14.2 Å². The molecular weight excluding hydrogens is 308 g/mol. The lowest BCUT2D eigenvalue weighted by molar-refractivity contribution is -0.137. The van der Waals surface area contributed by atoms with E-state index >= 15 is 0 Å². The summed E-state index contributed by atoms with van der Waals surface area (Å²) in [5, 5.41) is 2.32. The monoisotopic (exact) mass is 325 g/mol. The molecule has 23 heavy (non-hydrogen) atoms. The van der Waals surface area contributed by atoms with E-state index in [9.17, 15) is 9.59 Å². The molecule has 0 fully saturated rings. The maximum Gasteiger partial charge on any atom is 0.330 e. The van der Waals surface area contributed by atoms with Crippen LogP contribution in [-0.4, -0.2) is 35.0 Å². The summed E-state index contributed by atoms with van der Waals surface area (Å²) in [5.41, 5.74) is 0. The van der Waals surface area contributed by atoms with Gasteiger partial charge in [0.15, 0.2) is 8.80 Å². The zero-order valence-electron chi connectivity index (χ0n) is 13.0. The summed E-state index contributed by atoms with van der Waals surface area (Å²) in [7, 11) is 0.923. The Balaban J connectivity index is 2.61. The first-order chi connectivity index (χ1) is 11.2. The van der Waals surface area contributed by atoms with E-state index in [0.717, 1.165) is 10.4 Å². The van der Waals surface area contributed by atoms with Gasteiger partial charge in [-0.2, -0.15) is 0 Å². The van der Waals surface area contributed by atoms with Crippen LogP contribution in [-0.2, 0) is 19.1 Å². The maximum absolute atomic E-state index is 12.3. The quantitative estimate of drug-likeness (QED) is 0.469. The number of ether oxygens (including phenoxy) is 2. The second kappa shape index (κ2) is 8.10. The lowest BCUT2D eigenvalue weighted by atomic mass is 10.4. The van der Waals surface area contributed by atoms with Crippen molar-refractivity contribution in [2.24, 2.45) is 0 Å². The lowest BCUT2D eigenvalue weighted by Gasteiger charge is -2.18. The van der Waals surface area contributed by atoms with Gasteiger partial charge in [0, 0.05) is 11.3 Å². The third-order valence-corrected chi connectivity index (χ3v) is 5.97. The number of carbonyl (C=O) groups excluding carboxylic acids is 2. The summed E-state index contributed by atoms with van der Waals surface area (Å²) < 4.78 is 9.58. The number of hydrogen-bond acceptors (Lipinski definition) is 4. The molecule has 0 amide bonds. The molecule has 2 rings (SSSR count). The molecule has 0 heterocycles.